The Morgan fingerprint density at radius 3 is 2.88 bits per heavy atom. The zero-order chi connectivity index (χ0) is 12.4. The van der Waals surface area contributed by atoms with Crippen LogP contribution in [0.2, 0.25) is 0 Å². The van der Waals surface area contributed by atoms with Crippen molar-refractivity contribution in [1.82, 2.24) is 9.47 Å². The maximum absolute atomic E-state index is 12.0. The van der Waals surface area contributed by atoms with Gasteiger partial charge in [0.05, 0.1) is 5.39 Å². The van der Waals surface area contributed by atoms with Crippen molar-refractivity contribution in [1.29, 1.82) is 0 Å². The second-order valence-electron chi connectivity index (χ2n) is 4.05. The number of amides is 1. The molecule has 17 heavy (non-hydrogen) atoms. The molecule has 0 aromatic carbocycles. The van der Waals surface area contributed by atoms with Gasteiger partial charge in [0.2, 0.25) is 5.91 Å². The van der Waals surface area contributed by atoms with Crippen LogP contribution < -0.4 is 5.56 Å². The summed E-state index contributed by atoms with van der Waals surface area (Å²) in [6, 6.07) is 3.74. The molecule has 2 aromatic rings. The number of nitrogens with zero attached hydrogens (tertiary/aromatic N) is 2. The van der Waals surface area contributed by atoms with E-state index in [-0.39, 0.29) is 11.5 Å². The van der Waals surface area contributed by atoms with E-state index in [1.807, 2.05) is 17.5 Å². The first-order valence-electron chi connectivity index (χ1n) is 5.36. The Kier molecular flexibility index (Phi) is 3.28. The average Bonchev–Trinajstić information content (AvgIpc) is 2.76. The highest BCUT2D eigenvalue weighted by molar-refractivity contribution is 7.17. The monoisotopic (exact) mass is 250 g/mol. The zero-order valence-corrected chi connectivity index (χ0v) is 10.7. The second-order valence-corrected chi connectivity index (χ2v) is 5.00. The SMILES string of the molecule is CN(C)C(=O)CCn1ccc2sccc2c1=O. The topological polar surface area (TPSA) is 42.3 Å². The molecule has 5 heteroatoms. The Bertz CT molecular complexity index is 598. The molecule has 0 unspecified atom stereocenters. The van der Waals surface area contributed by atoms with Crippen LogP contribution in [0.4, 0.5) is 0 Å². The van der Waals surface area contributed by atoms with Crippen LogP contribution in [0.3, 0.4) is 0 Å². The molecule has 2 aromatic heterocycles. The Morgan fingerprint density at radius 2 is 2.18 bits per heavy atom. The number of carbonyl (C=O) groups excluding carboxylic acids is 1. The van der Waals surface area contributed by atoms with Crippen LogP contribution in [0.15, 0.2) is 28.5 Å². The molecule has 0 atom stereocenters. The minimum Gasteiger partial charge on any atom is -0.349 e. The fourth-order valence-electron chi connectivity index (χ4n) is 1.62. The van der Waals surface area contributed by atoms with Gasteiger partial charge in [0, 0.05) is 38.0 Å². The van der Waals surface area contributed by atoms with Crippen LogP contribution in [0.1, 0.15) is 6.42 Å². The smallest absolute Gasteiger partial charge is 0.259 e. The zero-order valence-electron chi connectivity index (χ0n) is 9.84. The van der Waals surface area contributed by atoms with Gasteiger partial charge in [-0.05, 0) is 17.5 Å². The molecule has 0 bridgehead atoms. The van der Waals surface area contributed by atoms with E-state index < -0.39 is 0 Å². The lowest BCUT2D eigenvalue weighted by Crippen LogP contribution is -2.26. The molecule has 0 aliphatic rings. The summed E-state index contributed by atoms with van der Waals surface area (Å²) in [5.41, 5.74) is -0.0182. The summed E-state index contributed by atoms with van der Waals surface area (Å²) in [6.45, 7) is 0.432. The molecule has 0 N–H and O–H groups in total. The molecule has 0 aliphatic carbocycles. The quantitative estimate of drug-likeness (QED) is 0.829. The molecule has 2 rings (SSSR count). The van der Waals surface area contributed by atoms with Gasteiger partial charge >= 0.3 is 0 Å². The molecule has 0 spiro atoms. The highest BCUT2D eigenvalue weighted by Gasteiger charge is 2.07. The van der Waals surface area contributed by atoms with Crippen LogP contribution in [0.5, 0.6) is 0 Å². The van der Waals surface area contributed by atoms with Crippen LogP contribution >= 0.6 is 11.3 Å². The van der Waals surface area contributed by atoms with Crippen molar-refractivity contribution in [2.45, 2.75) is 13.0 Å². The van der Waals surface area contributed by atoms with Crippen molar-refractivity contribution in [3.05, 3.63) is 34.1 Å². The van der Waals surface area contributed by atoms with Gasteiger partial charge in [-0.3, -0.25) is 9.59 Å². The highest BCUT2D eigenvalue weighted by atomic mass is 32.1. The lowest BCUT2D eigenvalue weighted by atomic mass is 10.3. The van der Waals surface area contributed by atoms with E-state index in [9.17, 15) is 9.59 Å². The molecular formula is C12H14N2O2S. The number of hydrogen-bond donors (Lipinski definition) is 0. The predicted octanol–water partition coefficient (Wildman–Crippen LogP) is 1.54. The van der Waals surface area contributed by atoms with Crippen molar-refractivity contribution in [3.63, 3.8) is 0 Å². The largest absolute Gasteiger partial charge is 0.349 e. The summed E-state index contributed by atoms with van der Waals surface area (Å²) in [4.78, 5) is 25.0. The fourth-order valence-corrected chi connectivity index (χ4v) is 2.40. The van der Waals surface area contributed by atoms with Crippen molar-refractivity contribution < 1.29 is 4.79 Å². The van der Waals surface area contributed by atoms with Gasteiger partial charge in [-0.25, -0.2) is 0 Å². The first-order valence-corrected chi connectivity index (χ1v) is 6.24. The van der Waals surface area contributed by atoms with Gasteiger partial charge < -0.3 is 9.47 Å². The third-order valence-electron chi connectivity index (χ3n) is 2.66. The number of aryl methyl sites for hydroxylation is 1. The third kappa shape index (κ3) is 2.39. The normalized spacial score (nSPS) is 10.7. The molecule has 90 valence electrons. The minimum atomic E-state index is -0.0182. The lowest BCUT2D eigenvalue weighted by Gasteiger charge is -2.10. The van der Waals surface area contributed by atoms with E-state index >= 15 is 0 Å². The summed E-state index contributed by atoms with van der Waals surface area (Å²) in [5.74, 6) is 0.0299. The van der Waals surface area contributed by atoms with Gasteiger partial charge in [-0.2, -0.15) is 0 Å². The second kappa shape index (κ2) is 4.71. The summed E-state index contributed by atoms with van der Waals surface area (Å²) in [5, 5.41) is 2.64. The Balaban J connectivity index is 2.22. The molecule has 0 radical (unpaired) electrons. The average molecular weight is 250 g/mol. The number of rotatable bonds is 3. The summed E-state index contributed by atoms with van der Waals surface area (Å²) in [6.07, 6.45) is 2.10. The van der Waals surface area contributed by atoms with Gasteiger partial charge in [0.25, 0.3) is 5.56 Å². The molecule has 1 amide bonds. The Labute approximate surface area is 103 Å². The molecular weight excluding hydrogens is 236 g/mol. The molecule has 0 saturated heterocycles. The van der Waals surface area contributed by atoms with Crippen molar-refractivity contribution >= 4 is 27.3 Å². The van der Waals surface area contributed by atoms with Crippen LogP contribution in [0, 0.1) is 0 Å². The van der Waals surface area contributed by atoms with Crippen molar-refractivity contribution in [2.24, 2.45) is 0 Å². The van der Waals surface area contributed by atoms with Crippen molar-refractivity contribution in [2.75, 3.05) is 14.1 Å². The minimum absolute atomic E-state index is 0.0182. The third-order valence-corrected chi connectivity index (χ3v) is 3.54. The van der Waals surface area contributed by atoms with Gasteiger partial charge in [0.1, 0.15) is 0 Å². The Morgan fingerprint density at radius 1 is 1.41 bits per heavy atom. The number of fused-ring (bicyclic) bond motifs is 1. The van der Waals surface area contributed by atoms with Crippen LogP contribution in [0.25, 0.3) is 10.1 Å². The fraction of sp³-hybridized carbons (Fsp3) is 0.333. The lowest BCUT2D eigenvalue weighted by molar-refractivity contribution is -0.128. The van der Waals surface area contributed by atoms with Crippen LogP contribution in [-0.4, -0.2) is 29.5 Å². The number of hydrogen-bond acceptors (Lipinski definition) is 3. The van der Waals surface area contributed by atoms with E-state index in [4.69, 9.17) is 0 Å². The molecule has 0 saturated carbocycles. The van der Waals surface area contributed by atoms with E-state index in [1.54, 1.807) is 36.2 Å². The molecule has 2 heterocycles. The molecule has 0 aliphatic heterocycles. The van der Waals surface area contributed by atoms with E-state index in [0.29, 0.717) is 13.0 Å². The predicted molar refractivity (Wildman–Crippen MR) is 69.4 cm³/mol. The number of aromatic nitrogens is 1. The van der Waals surface area contributed by atoms with Gasteiger partial charge in [0.15, 0.2) is 0 Å². The van der Waals surface area contributed by atoms with E-state index in [1.165, 1.54) is 4.90 Å². The summed E-state index contributed by atoms with van der Waals surface area (Å²) < 4.78 is 2.58. The molecule has 4 nitrogen and oxygen atoms in total. The highest BCUT2D eigenvalue weighted by Crippen LogP contribution is 2.16. The number of carbonyl (C=O) groups is 1. The standard InChI is InChI=1S/C12H14N2O2S/c1-13(2)11(15)4-7-14-6-3-10-9(12(14)16)5-8-17-10/h3,5-6,8H,4,7H2,1-2H3. The summed E-state index contributed by atoms with van der Waals surface area (Å²) >= 11 is 1.55. The maximum Gasteiger partial charge on any atom is 0.259 e. The van der Waals surface area contributed by atoms with E-state index in [0.717, 1.165) is 10.1 Å². The molecule has 0 fully saturated rings. The van der Waals surface area contributed by atoms with E-state index in [2.05, 4.69) is 0 Å². The maximum atomic E-state index is 12.0. The van der Waals surface area contributed by atoms with Gasteiger partial charge in [-0.15, -0.1) is 11.3 Å². The first kappa shape index (κ1) is 11.9. The van der Waals surface area contributed by atoms with Gasteiger partial charge in [-0.1, -0.05) is 0 Å². The van der Waals surface area contributed by atoms with Crippen LogP contribution in [-0.2, 0) is 11.3 Å². The first-order chi connectivity index (χ1) is 8.09. The van der Waals surface area contributed by atoms with Crippen molar-refractivity contribution in [3.8, 4) is 0 Å². The summed E-state index contributed by atoms with van der Waals surface area (Å²) in [7, 11) is 3.43. The number of thiophene rings is 1. The number of pyridine rings is 1. The Hall–Kier alpha value is -1.62.